The van der Waals surface area contributed by atoms with Gasteiger partial charge in [-0.25, -0.2) is 0 Å². The van der Waals surface area contributed by atoms with E-state index in [1.54, 1.807) is 0 Å². The summed E-state index contributed by atoms with van der Waals surface area (Å²) in [6.45, 7) is 0. The third-order valence-corrected chi connectivity index (χ3v) is 11.7. The molecule has 5 nitrogen and oxygen atoms in total. The minimum Gasteiger partial charge on any atom is -0.416 e. The van der Waals surface area contributed by atoms with Crippen molar-refractivity contribution in [1.82, 2.24) is 19.3 Å². The van der Waals surface area contributed by atoms with Gasteiger partial charge < -0.3 is 13.6 Å². The van der Waals surface area contributed by atoms with E-state index in [1.807, 2.05) is 12.1 Å². The van der Waals surface area contributed by atoms with Crippen LogP contribution >= 0.6 is 0 Å². The van der Waals surface area contributed by atoms with Crippen LogP contribution < -0.4 is 0 Å². The maximum absolute atomic E-state index is 6.24. The first kappa shape index (κ1) is 33.2. The summed E-state index contributed by atoms with van der Waals surface area (Å²) in [6.07, 6.45) is 0. The number of benzene rings is 9. The molecule has 12 rings (SSSR count). The molecule has 0 aliphatic carbocycles. The van der Waals surface area contributed by atoms with Crippen LogP contribution in [0.3, 0.4) is 0 Å². The van der Waals surface area contributed by atoms with E-state index in [0.29, 0.717) is 11.8 Å². The van der Waals surface area contributed by atoms with Crippen LogP contribution in [0.4, 0.5) is 0 Å². The summed E-state index contributed by atoms with van der Waals surface area (Å²) >= 11 is 0. The topological polar surface area (TPSA) is 48.8 Å². The normalized spacial score (nSPS) is 11.7. The van der Waals surface area contributed by atoms with Gasteiger partial charge in [-0.05, 0) is 118 Å². The number of nitrogens with zero attached hydrogens (tertiary/aromatic N) is 4. The lowest BCUT2D eigenvalue weighted by Crippen LogP contribution is -1.94. The Hall–Kier alpha value is -8.02. The van der Waals surface area contributed by atoms with Gasteiger partial charge in [0.15, 0.2) is 0 Å². The molecule has 0 aliphatic rings. The minimum absolute atomic E-state index is 0.486. The van der Waals surface area contributed by atoms with Crippen molar-refractivity contribution < 1.29 is 4.42 Å². The Morgan fingerprint density at radius 2 is 0.746 bits per heavy atom. The zero-order valence-corrected chi connectivity index (χ0v) is 31.8. The Balaban J connectivity index is 0.871. The van der Waals surface area contributed by atoms with Crippen LogP contribution in [-0.2, 0) is 0 Å². The third-order valence-electron chi connectivity index (χ3n) is 11.7. The average Bonchev–Trinajstić information content (AvgIpc) is 4.02. The van der Waals surface area contributed by atoms with Gasteiger partial charge in [0.1, 0.15) is 0 Å². The van der Waals surface area contributed by atoms with Crippen molar-refractivity contribution in [3.8, 4) is 56.5 Å². The van der Waals surface area contributed by atoms with Crippen molar-refractivity contribution >= 4 is 54.4 Å². The second kappa shape index (κ2) is 13.3. The predicted octanol–water partition coefficient (Wildman–Crippen LogP) is 14.1. The Kier molecular flexibility index (Phi) is 7.47. The van der Waals surface area contributed by atoms with Crippen molar-refractivity contribution in [2.45, 2.75) is 0 Å². The second-order valence-electron chi connectivity index (χ2n) is 15.1. The molecule has 5 heteroatoms. The molecule has 0 aliphatic heterocycles. The molecule has 3 aromatic heterocycles. The molecular formula is C54H34N4O. The molecule has 0 amide bonds. The van der Waals surface area contributed by atoms with Gasteiger partial charge in [0, 0.05) is 44.0 Å². The van der Waals surface area contributed by atoms with Gasteiger partial charge in [0.05, 0.1) is 22.1 Å². The highest BCUT2D eigenvalue weighted by Crippen LogP contribution is 2.39. The molecule has 0 N–H and O–H groups in total. The molecule has 276 valence electrons. The first-order valence-corrected chi connectivity index (χ1v) is 19.9. The van der Waals surface area contributed by atoms with E-state index in [9.17, 15) is 0 Å². The summed E-state index contributed by atoms with van der Waals surface area (Å²) < 4.78 is 10.9. The largest absolute Gasteiger partial charge is 0.416 e. The second-order valence-corrected chi connectivity index (χ2v) is 15.1. The van der Waals surface area contributed by atoms with Crippen LogP contribution in [0.15, 0.2) is 211 Å². The van der Waals surface area contributed by atoms with Crippen LogP contribution in [0.1, 0.15) is 0 Å². The fourth-order valence-electron chi connectivity index (χ4n) is 8.92. The molecule has 0 atom stereocenters. The summed E-state index contributed by atoms with van der Waals surface area (Å²) in [7, 11) is 0. The number of aromatic nitrogens is 4. The monoisotopic (exact) mass is 754 g/mol. The lowest BCUT2D eigenvalue weighted by atomic mass is 9.97. The summed E-state index contributed by atoms with van der Waals surface area (Å²) in [4.78, 5) is 0. The maximum Gasteiger partial charge on any atom is 0.248 e. The van der Waals surface area contributed by atoms with Crippen LogP contribution in [0, 0.1) is 0 Å². The van der Waals surface area contributed by atoms with Crippen molar-refractivity contribution in [2.24, 2.45) is 0 Å². The zero-order valence-electron chi connectivity index (χ0n) is 31.8. The lowest BCUT2D eigenvalue weighted by molar-refractivity contribution is 0.584. The van der Waals surface area contributed by atoms with Crippen molar-refractivity contribution in [3.63, 3.8) is 0 Å². The highest BCUT2D eigenvalue weighted by atomic mass is 16.4. The number of hydrogen-bond acceptors (Lipinski definition) is 3. The van der Waals surface area contributed by atoms with Gasteiger partial charge in [0.2, 0.25) is 11.8 Å². The molecule has 0 fully saturated rings. The highest BCUT2D eigenvalue weighted by molar-refractivity contribution is 6.12. The molecule has 0 radical (unpaired) electrons. The molecule has 0 saturated heterocycles. The predicted molar refractivity (Wildman–Crippen MR) is 242 cm³/mol. The standard InChI is InChI=1S/C54H34N4O/c1-2-13-41(14-3-1)57-49-19-8-6-16-45(49)47-33-39(27-31-51(47)57)40-28-32-52-48(34-40)46-17-7-9-20-50(46)58(52)42-29-25-38(26-30-42)54-56-55-53(59-54)37-23-21-36(22-24-37)44-18-10-12-35-11-4-5-15-43(35)44/h1-34H. The molecular weight excluding hydrogens is 721 g/mol. The van der Waals surface area contributed by atoms with E-state index in [0.717, 1.165) is 39.1 Å². The number of para-hydroxylation sites is 3. The summed E-state index contributed by atoms with van der Waals surface area (Å²) in [5, 5.41) is 16.2. The third kappa shape index (κ3) is 5.40. The average molecular weight is 755 g/mol. The molecule has 0 spiro atoms. The maximum atomic E-state index is 6.24. The van der Waals surface area contributed by atoms with E-state index in [4.69, 9.17) is 4.42 Å². The zero-order chi connectivity index (χ0) is 38.9. The van der Waals surface area contributed by atoms with Gasteiger partial charge in [-0.2, -0.15) is 0 Å². The SMILES string of the molecule is c1ccc(-n2c3ccccc3c3cc(-c4ccc5c(c4)c4ccccc4n5-c4ccc(-c5nnc(-c6ccc(-c7cccc8ccccc78)cc6)o5)cc4)ccc32)cc1. The molecule has 3 heterocycles. The van der Waals surface area contributed by atoms with Crippen LogP contribution in [0.5, 0.6) is 0 Å². The highest BCUT2D eigenvalue weighted by Gasteiger charge is 2.17. The summed E-state index contributed by atoms with van der Waals surface area (Å²) in [5.41, 5.74) is 13.4. The van der Waals surface area contributed by atoms with Crippen molar-refractivity contribution in [2.75, 3.05) is 0 Å². The van der Waals surface area contributed by atoms with Crippen molar-refractivity contribution in [3.05, 3.63) is 206 Å². The molecule has 9 aromatic carbocycles. The van der Waals surface area contributed by atoms with E-state index in [1.165, 1.54) is 60.0 Å². The smallest absolute Gasteiger partial charge is 0.248 e. The fourth-order valence-corrected chi connectivity index (χ4v) is 8.92. The van der Waals surface area contributed by atoms with E-state index in [2.05, 4.69) is 213 Å². The quantitative estimate of drug-likeness (QED) is 0.170. The Morgan fingerprint density at radius 1 is 0.305 bits per heavy atom. The Morgan fingerprint density at radius 3 is 1.36 bits per heavy atom. The minimum atomic E-state index is 0.486. The van der Waals surface area contributed by atoms with Gasteiger partial charge in [0.25, 0.3) is 0 Å². The van der Waals surface area contributed by atoms with E-state index < -0.39 is 0 Å². The fraction of sp³-hybridized carbons (Fsp3) is 0. The van der Waals surface area contributed by atoms with E-state index >= 15 is 0 Å². The van der Waals surface area contributed by atoms with Crippen LogP contribution in [0.25, 0.3) is 111 Å². The van der Waals surface area contributed by atoms with Gasteiger partial charge in [-0.15, -0.1) is 10.2 Å². The Bertz CT molecular complexity index is 3530. The van der Waals surface area contributed by atoms with Crippen LogP contribution in [-0.4, -0.2) is 19.3 Å². The molecule has 0 saturated carbocycles. The van der Waals surface area contributed by atoms with Gasteiger partial charge >= 0.3 is 0 Å². The lowest BCUT2D eigenvalue weighted by Gasteiger charge is -2.09. The number of hydrogen-bond donors (Lipinski definition) is 0. The molecule has 0 bridgehead atoms. The first-order valence-electron chi connectivity index (χ1n) is 19.9. The number of rotatable bonds is 6. The van der Waals surface area contributed by atoms with E-state index in [-0.39, 0.29) is 0 Å². The van der Waals surface area contributed by atoms with Gasteiger partial charge in [-0.3, -0.25) is 0 Å². The summed E-state index contributed by atoms with van der Waals surface area (Å²) in [6, 6.07) is 73.3. The number of fused-ring (bicyclic) bond motifs is 7. The van der Waals surface area contributed by atoms with Crippen LogP contribution in [0.2, 0.25) is 0 Å². The first-order chi connectivity index (χ1) is 29.2. The molecule has 12 aromatic rings. The van der Waals surface area contributed by atoms with Crippen molar-refractivity contribution in [1.29, 1.82) is 0 Å². The molecule has 59 heavy (non-hydrogen) atoms. The molecule has 0 unspecified atom stereocenters. The Labute approximate surface area is 339 Å². The summed E-state index contributed by atoms with van der Waals surface area (Å²) in [5.74, 6) is 0.980. The van der Waals surface area contributed by atoms with Gasteiger partial charge in [-0.1, -0.05) is 121 Å².